The average Bonchev–Trinajstić information content (AvgIpc) is 3.20. The fourth-order valence-electron chi connectivity index (χ4n) is 3.81. The zero-order valence-electron chi connectivity index (χ0n) is 15.8. The van der Waals surface area contributed by atoms with Crippen molar-refractivity contribution >= 4 is 11.0 Å². The topological polar surface area (TPSA) is 50.1 Å². The predicted molar refractivity (Wildman–Crippen MR) is 103 cm³/mol. The van der Waals surface area contributed by atoms with E-state index in [1.54, 1.807) is 0 Å². The molecule has 1 aliphatic heterocycles. The zero-order chi connectivity index (χ0) is 18.1. The Balaban J connectivity index is 1.57. The molecule has 4 rings (SSSR count). The smallest absolute Gasteiger partial charge is 0.145 e. The van der Waals surface area contributed by atoms with Crippen LogP contribution in [0.2, 0.25) is 0 Å². The fraction of sp³-hybridized carbons (Fsp3) is 0.450. The van der Waals surface area contributed by atoms with E-state index >= 15 is 0 Å². The number of imidazole rings is 1. The highest BCUT2D eigenvalue weighted by Crippen LogP contribution is 2.31. The summed E-state index contributed by atoms with van der Waals surface area (Å²) in [5.41, 5.74) is 3.32. The molecule has 0 saturated carbocycles. The molecule has 0 spiro atoms. The number of fused-ring (bicyclic) bond motifs is 1. The molecule has 3 aromatic rings. The number of para-hydroxylation sites is 2. The first-order valence-corrected chi connectivity index (χ1v) is 9.23. The van der Waals surface area contributed by atoms with E-state index < -0.39 is 0 Å². The van der Waals surface area contributed by atoms with Crippen LogP contribution in [0.25, 0.3) is 11.0 Å². The second-order valence-electron chi connectivity index (χ2n) is 7.35. The molecule has 1 fully saturated rings. The number of nitrogens with zero attached hydrogens (tertiary/aromatic N) is 6. The molecule has 6 heteroatoms. The van der Waals surface area contributed by atoms with Gasteiger partial charge < -0.3 is 9.47 Å². The monoisotopic (exact) mass is 350 g/mol. The lowest BCUT2D eigenvalue weighted by atomic mass is 10.2. The van der Waals surface area contributed by atoms with Gasteiger partial charge in [-0.15, -0.1) is 0 Å². The lowest BCUT2D eigenvalue weighted by Crippen LogP contribution is -2.26. The summed E-state index contributed by atoms with van der Waals surface area (Å²) < 4.78 is 2.20. The molecule has 136 valence electrons. The molecule has 1 saturated heterocycles. The zero-order valence-corrected chi connectivity index (χ0v) is 15.8. The summed E-state index contributed by atoms with van der Waals surface area (Å²) in [6.45, 7) is 2.74. The Hall–Kier alpha value is -2.31. The molecule has 3 heterocycles. The van der Waals surface area contributed by atoms with Crippen molar-refractivity contribution in [2.45, 2.75) is 32.0 Å². The molecule has 26 heavy (non-hydrogen) atoms. The van der Waals surface area contributed by atoms with Crippen LogP contribution in [0.15, 0.2) is 36.5 Å². The van der Waals surface area contributed by atoms with Crippen molar-refractivity contribution in [2.75, 3.05) is 20.6 Å². The van der Waals surface area contributed by atoms with Gasteiger partial charge in [0, 0.05) is 19.8 Å². The highest BCUT2D eigenvalue weighted by molar-refractivity contribution is 5.75. The maximum Gasteiger partial charge on any atom is 0.145 e. The van der Waals surface area contributed by atoms with Gasteiger partial charge >= 0.3 is 0 Å². The normalized spacial score (nSPS) is 18.2. The van der Waals surface area contributed by atoms with Gasteiger partial charge in [0.05, 0.1) is 29.3 Å². The van der Waals surface area contributed by atoms with Crippen molar-refractivity contribution in [1.82, 2.24) is 29.3 Å². The summed E-state index contributed by atoms with van der Waals surface area (Å²) in [4.78, 5) is 18.9. The third kappa shape index (κ3) is 3.34. The molecular formula is C20H26N6. The lowest BCUT2D eigenvalue weighted by molar-refractivity contribution is 0.231. The van der Waals surface area contributed by atoms with E-state index in [4.69, 9.17) is 9.97 Å². The summed E-state index contributed by atoms with van der Waals surface area (Å²) in [7, 11) is 6.23. The number of aromatic nitrogens is 4. The number of aryl methyl sites for hydroxylation is 1. The first-order chi connectivity index (χ1) is 12.6. The molecule has 0 radical (unpaired) electrons. The van der Waals surface area contributed by atoms with Crippen LogP contribution in [-0.2, 0) is 20.1 Å². The molecule has 0 N–H and O–H groups in total. The van der Waals surface area contributed by atoms with Crippen molar-refractivity contribution in [3.05, 3.63) is 53.9 Å². The van der Waals surface area contributed by atoms with Crippen LogP contribution in [0.3, 0.4) is 0 Å². The molecule has 1 aromatic carbocycles. The maximum absolute atomic E-state index is 4.83. The third-order valence-electron chi connectivity index (χ3n) is 5.10. The van der Waals surface area contributed by atoms with Crippen LogP contribution in [0.5, 0.6) is 0 Å². The Morgan fingerprint density at radius 2 is 2.00 bits per heavy atom. The van der Waals surface area contributed by atoms with Crippen LogP contribution in [0.1, 0.15) is 36.2 Å². The molecule has 0 amide bonds. The fourth-order valence-corrected chi connectivity index (χ4v) is 3.81. The molecule has 0 aliphatic carbocycles. The minimum Gasteiger partial charge on any atom is -0.330 e. The Morgan fingerprint density at radius 1 is 1.15 bits per heavy atom. The molecule has 1 atom stereocenters. The van der Waals surface area contributed by atoms with Crippen molar-refractivity contribution < 1.29 is 0 Å². The number of likely N-dealkylation sites (tertiary alicyclic amines) is 1. The van der Waals surface area contributed by atoms with Gasteiger partial charge in [0.15, 0.2) is 0 Å². The van der Waals surface area contributed by atoms with Gasteiger partial charge in [0.25, 0.3) is 0 Å². The number of benzene rings is 1. The lowest BCUT2D eigenvalue weighted by Gasteiger charge is -2.23. The third-order valence-corrected chi connectivity index (χ3v) is 5.10. The minimum atomic E-state index is 0.275. The number of hydrogen-bond acceptors (Lipinski definition) is 5. The van der Waals surface area contributed by atoms with Gasteiger partial charge in [-0.2, -0.15) is 0 Å². The number of hydrogen-bond donors (Lipinski definition) is 0. The Labute approximate surface area is 154 Å². The highest BCUT2D eigenvalue weighted by Gasteiger charge is 2.29. The van der Waals surface area contributed by atoms with Crippen LogP contribution < -0.4 is 0 Å². The quantitative estimate of drug-likeness (QED) is 0.708. The highest BCUT2D eigenvalue weighted by atomic mass is 15.2. The van der Waals surface area contributed by atoms with E-state index in [1.165, 1.54) is 11.9 Å². The van der Waals surface area contributed by atoms with Crippen molar-refractivity contribution in [2.24, 2.45) is 7.05 Å². The predicted octanol–water partition coefficient (Wildman–Crippen LogP) is 2.76. The van der Waals surface area contributed by atoms with Crippen LogP contribution in [0.4, 0.5) is 0 Å². The van der Waals surface area contributed by atoms with Crippen LogP contribution in [-0.4, -0.2) is 50.0 Å². The van der Waals surface area contributed by atoms with Crippen molar-refractivity contribution in [3.63, 3.8) is 0 Å². The van der Waals surface area contributed by atoms with Gasteiger partial charge in [0.2, 0.25) is 0 Å². The molecule has 0 bridgehead atoms. The van der Waals surface area contributed by atoms with Crippen molar-refractivity contribution in [3.8, 4) is 0 Å². The van der Waals surface area contributed by atoms with Gasteiger partial charge in [-0.1, -0.05) is 12.1 Å². The van der Waals surface area contributed by atoms with E-state index in [-0.39, 0.29) is 6.04 Å². The molecular weight excluding hydrogens is 324 g/mol. The van der Waals surface area contributed by atoms with Gasteiger partial charge in [0.1, 0.15) is 11.6 Å². The van der Waals surface area contributed by atoms with Crippen molar-refractivity contribution in [1.29, 1.82) is 0 Å². The van der Waals surface area contributed by atoms with E-state index in [0.29, 0.717) is 0 Å². The first-order valence-electron chi connectivity index (χ1n) is 9.23. The van der Waals surface area contributed by atoms with E-state index in [2.05, 4.69) is 58.7 Å². The van der Waals surface area contributed by atoms with Gasteiger partial charge in [-0.05, 0) is 51.7 Å². The van der Waals surface area contributed by atoms with E-state index in [0.717, 1.165) is 48.9 Å². The second kappa shape index (κ2) is 7.13. The Bertz CT molecular complexity index is 900. The van der Waals surface area contributed by atoms with Gasteiger partial charge in [-0.25, -0.2) is 15.0 Å². The summed E-state index contributed by atoms with van der Waals surface area (Å²) in [5, 5.41) is 0. The number of rotatable bonds is 5. The van der Waals surface area contributed by atoms with Gasteiger partial charge in [-0.3, -0.25) is 4.90 Å². The molecule has 2 aromatic heterocycles. The molecule has 1 aliphatic rings. The SMILES string of the molecule is CN(C)Cc1ccnc(C2CCCN2Cc2nc3ccccc3n2C)n1. The summed E-state index contributed by atoms with van der Waals surface area (Å²) in [5.74, 6) is 2.04. The largest absolute Gasteiger partial charge is 0.330 e. The Kier molecular flexibility index (Phi) is 4.70. The molecule has 6 nitrogen and oxygen atoms in total. The van der Waals surface area contributed by atoms with Crippen LogP contribution in [0, 0.1) is 0 Å². The first kappa shape index (κ1) is 17.1. The minimum absolute atomic E-state index is 0.275. The standard InChI is InChI=1S/C20H26N6/c1-24(2)13-15-10-11-21-20(22-15)18-9-6-12-26(18)14-19-23-16-7-4-5-8-17(16)25(19)3/h4-5,7-8,10-11,18H,6,9,12-14H2,1-3H3. The second-order valence-corrected chi connectivity index (χ2v) is 7.35. The summed E-state index contributed by atoms with van der Waals surface area (Å²) in [6, 6.07) is 10.6. The molecule has 1 unspecified atom stereocenters. The Morgan fingerprint density at radius 3 is 2.81 bits per heavy atom. The summed E-state index contributed by atoms with van der Waals surface area (Å²) in [6.07, 6.45) is 4.18. The summed E-state index contributed by atoms with van der Waals surface area (Å²) >= 11 is 0. The van der Waals surface area contributed by atoms with E-state index in [9.17, 15) is 0 Å². The van der Waals surface area contributed by atoms with Crippen LogP contribution >= 0.6 is 0 Å². The average molecular weight is 350 g/mol. The van der Waals surface area contributed by atoms with E-state index in [1.807, 2.05) is 18.3 Å². The maximum atomic E-state index is 4.83.